The number of carboxylic acids is 1. The Labute approximate surface area is 125 Å². The number of primary amides is 1. The molecule has 9 nitrogen and oxygen atoms in total. The van der Waals surface area contributed by atoms with Gasteiger partial charge >= 0.3 is 5.97 Å². The van der Waals surface area contributed by atoms with Crippen molar-refractivity contribution in [3.63, 3.8) is 0 Å². The summed E-state index contributed by atoms with van der Waals surface area (Å²) in [6.07, 6.45) is -0.616. The van der Waals surface area contributed by atoms with Gasteiger partial charge in [0.15, 0.2) is 0 Å². The first-order valence-electron chi connectivity index (χ1n) is 6.33. The topological polar surface area (TPSA) is 153 Å². The number of aliphatic carboxylic acids is 1. The predicted octanol–water partition coefficient (Wildman–Crippen LogP) is -0.0278. The van der Waals surface area contributed by atoms with Crippen LogP contribution < -0.4 is 11.1 Å². The second-order valence-electron chi connectivity index (χ2n) is 4.56. The summed E-state index contributed by atoms with van der Waals surface area (Å²) in [7, 11) is 0. The lowest BCUT2D eigenvalue weighted by atomic mass is 10.1. The van der Waals surface area contributed by atoms with E-state index in [0.717, 1.165) is 0 Å². The van der Waals surface area contributed by atoms with E-state index < -0.39 is 28.7 Å². The van der Waals surface area contributed by atoms with Gasteiger partial charge in [-0.05, 0) is 12.0 Å². The highest BCUT2D eigenvalue weighted by molar-refractivity contribution is 5.87. The Morgan fingerprint density at radius 1 is 1.36 bits per heavy atom. The first kappa shape index (κ1) is 17.1. The molecule has 1 rings (SSSR count). The van der Waals surface area contributed by atoms with Gasteiger partial charge < -0.3 is 16.2 Å². The number of nitro benzene ring substituents is 1. The van der Waals surface area contributed by atoms with E-state index in [9.17, 15) is 24.5 Å². The average molecular weight is 309 g/mol. The Balaban J connectivity index is 2.67. The Morgan fingerprint density at radius 3 is 2.59 bits per heavy atom. The van der Waals surface area contributed by atoms with Crippen molar-refractivity contribution < 1.29 is 24.4 Å². The quantitative estimate of drug-likeness (QED) is 0.453. The van der Waals surface area contributed by atoms with Crippen LogP contribution in [0.1, 0.15) is 18.4 Å². The van der Waals surface area contributed by atoms with Crippen LogP contribution in [0.4, 0.5) is 5.69 Å². The third kappa shape index (κ3) is 5.57. The van der Waals surface area contributed by atoms with E-state index in [1.165, 1.54) is 24.3 Å². The molecule has 118 valence electrons. The summed E-state index contributed by atoms with van der Waals surface area (Å²) in [5, 5.41) is 21.5. The summed E-state index contributed by atoms with van der Waals surface area (Å²) in [6, 6.07) is 4.42. The van der Waals surface area contributed by atoms with Gasteiger partial charge in [-0.25, -0.2) is 0 Å². The van der Waals surface area contributed by atoms with Crippen LogP contribution in [0.5, 0.6) is 0 Å². The minimum absolute atomic E-state index is 0.120. The van der Waals surface area contributed by atoms with Crippen molar-refractivity contribution in [2.75, 3.05) is 0 Å². The van der Waals surface area contributed by atoms with Gasteiger partial charge in [-0.3, -0.25) is 24.5 Å². The number of non-ortho nitro benzene ring substituents is 1. The van der Waals surface area contributed by atoms with Crippen LogP contribution in [0.25, 0.3) is 0 Å². The second-order valence-corrected chi connectivity index (χ2v) is 4.56. The molecule has 0 fully saturated rings. The van der Waals surface area contributed by atoms with Gasteiger partial charge in [-0.1, -0.05) is 12.1 Å². The van der Waals surface area contributed by atoms with Gasteiger partial charge in [0, 0.05) is 18.6 Å². The predicted molar refractivity (Wildman–Crippen MR) is 74.8 cm³/mol. The molecule has 0 aliphatic carbocycles. The highest BCUT2D eigenvalue weighted by Crippen LogP contribution is 2.13. The third-order valence-corrected chi connectivity index (χ3v) is 2.81. The third-order valence-electron chi connectivity index (χ3n) is 2.81. The van der Waals surface area contributed by atoms with E-state index in [-0.39, 0.29) is 24.9 Å². The van der Waals surface area contributed by atoms with Crippen molar-refractivity contribution in [1.29, 1.82) is 0 Å². The molecule has 1 aromatic carbocycles. The van der Waals surface area contributed by atoms with Crippen LogP contribution in [0.15, 0.2) is 24.3 Å². The molecule has 0 aromatic heterocycles. The molecule has 0 heterocycles. The lowest BCUT2D eigenvalue weighted by Gasteiger charge is -2.14. The molecule has 0 bridgehead atoms. The number of nitro groups is 1. The molecule has 9 heteroatoms. The maximum Gasteiger partial charge on any atom is 0.303 e. The summed E-state index contributed by atoms with van der Waals surface area (Å²) in [4.78, 5) is 43.5. The van der Waals surface area contributed by atoms with Gasteiger partial charge in [-0.15, -0.1) is 0 Å². The monoisotopic (exact) mass is 309 g/mol. The molecule has 2 amide bonds. The zero-order valence-corrected chi connectivity index (χ0v) is 11.5. The number of nitrogens with one attached hydrogen (secondary N) is 1. The van der Waals surface area contributed by atoms with Crippen LogP contribution in [-0.2, 0) is 20.8 Å². The fraction of sp³-hybridized carbons (Fsp3) is 0.308. The number of amides is 2. The Morgan fingerprint density at radius 2 is 2.05 bits per heavy atom. The summed E-state index contributed by atoms with van der Waals surface area (Å²) < 4.78 is 0. The van der Waals surface area contributed by atoms with E-state index in [1.54, 1.807) is 0 Å². The fourth-order valence-electron chi connectivity index (χ4n) is 1.76. The van der Waals surface area contributed by atoms with Gasteiger partial charge in [0.05, 0.1) is 11.3 Å². The lowest BCUT2D eigenvalue weighted by molar-refractivity contribution is -0.384. The molecule has 1 atom stereocenters. The van der Waals surface area contributed by atoms with Gasteiger partial charge in [0.1, 0.15) is 6.04 Å². The number of nitrogens with zero attached hydrogens (tertiary/aromatic N) is 1. The summed E-state index contributed by atoms with van der Waals surface area (Å²) in [6.45, 7) is 0. The van der Waals surface area contributed by atoms with E-state index in [0.29, 0.717) is 5.56 Å². The number of rotatable bonds is 8. The molecule has 4 N–H and O–H groups in total. The first-order valence-corrected chi connectivity index (χ1v) is 6.33. The van der Waals surface area contributed by atoms with E-state index >= 15 is 0 Å². The first-order chi connectivity index (χ1) is 10.3. The van der Waals surface area contributed by atoms with Crippen LogP contribution in [0.2, 0.25) is 0 Å². The molecular formula is C13H15N3O6. The van der Waals surface area contributed by atoms with Crippen molar-refractivity contribution in [3.05, 3.63) is 39.9 Å². The number of carbonyl (C=O) groups is 3. The van der Waals surface area contributed by atoms with E-state index in [1.807, 2.05) is 0 Å². The molecule has 0 saturated carbocycles. The lowest BCUT2D eigenvalue weighted by Crippen LogP contribution is -2.45. The molecule has 0 saturated heterocycles. The average Bonchev–Trinajstić information content (AvgIpc) is 2.43. The number of hydrogen-bond donors (Lipinski definition) is 3. The fourth-order valence-corrected chi connectivity index (χ4v) is 1.76. The maximum absolute atomic E-state index is 11.8. The van der Waals surface area contributed by atoms with Crippen molar-refractivity contribution >= 4 is 23.5 Å². The van der Waals surface area contributed by atoms with Crippen LogP contribution >= 0.6 is 0 Å². The van der Waals surface area contributed by atoms with Crippen LogP contribution in [-0.4, -0.2) is 33.9 Å². The smallest absolute Gasteiger partial charge is 0.303 e. The highest BCUT2D eigenvalue weighted by atomic mass is 16.6. The maximum atomic E-state index is 11.8. The normalized spacial score (nSPS) is 11.5. The van der Waals surface area contributed by atoms with E-state index in [4.69, 9.17) is 10.8 Å². The highest BCUT2D eigenvalue weighted by Gasteiger charge is 2.19. The van der Waals surface area contributed by atoms with Crippen molar-refractivity contribution in [3.8, 4) is 0 Å². The zero-order valence-electron chi connectivity index (χ0n) is 11.5. The molecular weight excluding hydrogens is 294 g/mol. The second kappa shape index (κ2) is 7.72. The molecule has 0 aliphatic heterocycles. The number of carbonyl (C=O) groups excluding carboxylic acids is 2. The number of nitrogens with two attached hydrogens (primary N) is 1. The molecule has 0 radical (unpaired) electrons. The zero-order chi connectivity index (χ0) is 16.7. The molecule has 22 heavy (non-hydrogen) atoms. The van der Waals surface area contributed by atoms with Crippen molar-refractivity contribution in [2.24, 2.45) is 5.73 Å². The van der Waals surface area contributed by atoms with Gasteiger partial charge in [0.25, 0.3) is 5.69 Å². The largest absolute Gasteiger partial charge is 0.481 e. The number of carboxylic acid groups (broad SMARTS) is 1. The van der Waals surface area contributed by atoms with Crippen molar-refractivity contribution in [1.82, 2.24) is 5.32 Å². The summed E-state index contributed by atoms with van der Waals surface area (Å²) in [5.74, 6) is -2.53. The van der Waals surface area contributed by atoms with E-state index in [2.05, 4.69) is 5.32 Å². The standard InChI is InChI=1S/C13H15N3O6/c14-13(20)10(4-5-12(18)19)15-11(17)7-8-2-1-3-9(6-8)16(21)22/h1-3,6,10H,4-5,7H2,(H2,14,20)(H,15,17)(H,18,19)/t10-/m1/s1. The Bertz CT molecular complexity index is 601. The van der Waals surface area contributed by atoms with Gasteiger partial charge in [0.2, 0.25) is 11.8 Å². The SMILES string of the molecule is NC(=O)[C@@H](CCC(=O)O)NC(=O)Cc1cccc([N+](=O)[O-])c1. The minimum Gasteiger partial charge on any atom is -0.481 e. The Kier molecular flexibility index (Phi) is 5.99. The number of hydrogen-bond acceptors (Lipinski definition) is 5. The number of benzene rings is 1. The summed E-state index contributed by atoms with van der Waals surface area (Å²) >= 11 is 0. The Hall–Kier alpha value is -2.97. The summed E-state index contributed by atoms with van der Waals surface area (Å²) in [5.41, 5.74) is 5.34. The van der Waals surface area contributed by atoms with Gasteiger partial charge in [-0.2, -0.15) is 0 Å². The minimum atomic E-state index is -1.11. The van der Waals surface area contributed by atoms with Crippen molar-refractivity contribution in [2.45, 2.75) is 25.3 Å². The van der Waals surface area contributed by atoms with Crippen LogP contribution in [0.3, 0.4) is 0 Å². The molecule has 1 aromatic rings. The molecule has 0 aliphatic rings. The molecule has 0 spiro atoms. The molecule has 0 unspecified atom stereocenters. The van der Waals surface area contributed by atoms with Crippen LogP contribution in [0, 0.1) is 10.1 Å².